The van der Waals surface area contributed by atoms with Crippen LogP contribution in [0.25, 0.3) is 0 Å². The van der Waals surface area contributed by atoms with Crippen LogP contribution < -0.4 is 10.6 Å². The van der Waals surface area contributed by atoms with Crippen molar-refractivity contribution in [2.75, 3.05) is 18.0 Å². The van der Waals surface area contributed by atoms with Crippen molar-refractivity contribution in [3.8, 4) is 5.75 Å². The van der Waals surface area contributed by atoms with Crippen LogP contribution in [0.3, 0.4) is 0 Å². The molecular formula is C26H25N3O6S. The second kappa shape index (κ2) is 10.3. The van der Waals surface area contributed by atoms with Crippen molar-refractivity contribution >= 4 is 33.3 Å². The Kier molecular flexibility index (Phi) is 7.18. The van der Waals surface area contributed by atoms with E-state index in [1.165, 1.54) is 39.5 Å². The van der Waals surface area contributed by atoms with Crippen LogP contribution in [0.15, 0.2) is 83.8 Å². The molecule has 1 atom stereocenters. The lowest BCUT2D eigenvalue weighted by molar-refractivity contribution is -0.121. The number of ketones is 1. The fourth-order valence-electron chi connectivity index (χ4n) is 4.23. The normalized spacial score (nSPS) is 15.9. The molecule has 0 radical (unpaired) electrons. The quantitative estimate of drug-likeness (QED) is 0.450. The molecule has 1 aliphatic heterocycles. The van der Waals surface area contributed by atoms with E-state index in [9.17, 15) is 27.9 Å². The van der Waals surface area contributed by atoms with Crippen LogP contribution in [0, 0.1) is 0 Å². The number of rotatable bonds is 8. The Balaban J connectivity index is 1.66. The average Bonchev–Trinajstić information content (AvgIpc) is 3.39. The molecule has 36 heavy (non-hydrogen) atoms. The predicted molar refractivity (Wildman–Crippen MR) is 133 cm³/mol. The molecule has 4 rings (SSSR count). The van der Waals surface area contributed by atoms with Crippen LogP contribution in [0.1, 0.15) is 33.6 Å². The van der Waals surface area contributed by atoms with Crippen LogP contribution in [0.5, 0.6) is 5.75 Å². The fourth-order valence-corrected chi connectivity index (χ4v) is 5.90. The number of nitrogens with zero attached hydrogens (tertiary/aromatic N) is 2. The third-order valence-corrected chi connectivity index (χ3v) is 7.98. The number of benzene rings is 3. The first-order valence-corrected chi connectivity index (χ1v) is 12.7. The van der Waals surface area contributed by atoms with Crippen molar-refractivity contribution in [2.45, 2.75) is 23.8 Å². The predicted octanol–water partition coefficient (Wildman–Crippen LogP) is 2.56. The summed E-state index contributed by atoms with van der Waals surface area (Å²) in [5, 5.41) is 9.84. The zero-order valence-corrected chi connectivity index (χ0v) is 20.1. The number of phenols is 1. The standard InChI is InChI=1S/C26H25N3O6S/c27-25(32)21-16-18(13-14-23(21)30)24(31)17-28(19-8-3-1-4-9-19)26(33)22-12-7-15-29(22)36(34,35)20-10-5-2-6-11-20/h1-6,8-11,13-14,16,22,30H,7,12,15,17H2,(H2,27,32). The van der Waals surface area contributed by atoms with Gasteiger partial charge in [0.1, 0.15) is 11.8 Å². The second-order valence-electron chi connectivity index (χ2n) is 8.37. The highest BCUT2D eigenvalue weighted by Gasteiger charge is 2.41. The van der Waals surface area contributed by atoms with E-state index >= 15 is 0 Å². The molecule has 3 aromatic carbocycles. The summed E-state index contributed by atoms with van der Waals surface area (Å²) in [6, 6.07) is 19.1. The number of Topliss-reactive ketones (excluding diaryl/α,β-unsaturated/α-hetero) is 1. The maximum Gasteiger partial charge on any atom is 0.252 e. The number of carbonyl (C=O) groups is 3. The van der Waals surface area contributed by atoms with Crippen LogP contribution >= 0.6 is 0 Å². The van der Waals surface area contributed by atoms with E-state index in [0.29, 0.717) is 18.5 Å². The van der Waals surface area contributed by atoms with E-state index in [-0.39, 0.29) is 28.3 Å². The van der Waals surface area contributed by atoms with Gasteiger partial charge in [-0.05, 0) is 55.3 Å². The van der Waals surface area contributed by atoms with Gasteiger partial charge in [0.2, 0.25) is 15.9 Å². The minimum absolute atomic E-state index is 0.0792. The number of aromatic hydroxyl groups is 1. The lowest BCUT2D eigenvalue weighted by Gasteiger charge is -2.29. The number of hydrogen-bond donors (Lipinski definition) is 2. The molecule has 0 aliphatic carbocycles. The molecule has 3 aromatic rings. The zero-order valence-electron chi connectivity index (χ0n) is 19.3. The Morgan fingerprint density at radius 1 is 0.972 bits per heavy atom. The van der Waals surface area contributed by atoms with Gasteiger partial charge in [-0.2, -0.15) is 4.31 Å². The van der Waals surface area contributed by atoms with Crippen molar-refractivity contribution < 1.29 is 27.9 Å². The maximum atomic E-state index is 13.8. The van der Waals surface area contributed by atoms with E-state index in [0.717, 1.165) is 0 Å². The number of sulfonamides is 1. The molecule has 1 heterocycles. The van der Waals surface area contributed by atoms with Gasteiger partial charge in [0.05, 0.1) is 17.0 Å². The summed E-state index contributed by atoms with van der Waals surface area (Å²) in [4.78, 5) is 39.9. The molecule has 1 aliphatic rings. The topological polar surface area (TPSA) is 138 Å². The van der Waals surface area contributed by atoms with E-state index < -0.39 is 40.2 Å². The summed E-state index contributed by atoms with van der Waals surface area (Å²) >= 11 is 0. The molecule has 1 unspecified atom stereocenters. The van der Waals surface area contributed by atoms with Gasteiger partial charge < -0.3 is 15.7 Å². The summed E-state index contributed by atoms with van der Waals surface area (Å²) in [6.45, 7) is -0.217. The molecule has 3 N–H and O–H groups in total. The van der Waals surface area contributed by atoms with Crippen molar-refractivity contribution in [1.82, 2.24) is 4.31 Å². The third kappa shape index (κ3) is 5.00. The van der Waals surface area contributed by atoms with Crippen LogP contribution in [0.4, 0.5) is 5.69 Å². The lowest BCUT2D eigenvalue weighted by atomic mass is 10.0. The van der Waals surface area contributed by atoms with Crippen molar-refractivity contribution in [3.05, 3.63) is 90.0 Å². The SMILES string of the molecule is NC(=O)c1cc(C(=O)CN(C(=O)C2CCCN2S(=O)(=O)c2ccccc2)c2ccccc2)ccc1O. The number of anilines is 1. The molecule has 9 nitrogen and oxygen atoms in total. The minimum atomic E-state index is -3.93. The van der Waals surface area contributed by atoms with Gasteiger partial charge in [0.15, 0.2) is 5.78 Å². The molecule has 0 spiro atoms. The molecule has 0 saturated carbocycles. The van der Waals surface area contributed by atoms with Gasteiger partial charge in [-0.15, -0.1) is 0 Å². The van der Waals surface area contributed by atoms with Crippen molar-refractivity contribution in [1.29, 1.82) is 0 Å². The van der Waals surface area contributed by atoms with Gasteiger partial charge >= 0.3 is 0 Å². The van der Waals surface area contributed by atoms with Crippen molar-refractivity contribution in [3.63, 3.8) is 0 Å². The first kappa shape index (κ1) is 25.1. The van der Waals surface area contributed by atoms with E-state index in [1.54, 1.807) is 48.5 Å². The largest absolute Gasteiger partial charge is 0.507 e. The Morgan fingerprint density at radius 2 is 1.61 bits per heavy atom. The third-order valence-electron chi connectivity index (χ3n) is 6.06. The van der Waals surface area contributed by atoms with Gasteiger partial charge in [0.25, 0.3) is 5.91 Å². The van der Waals surface area contributed by atoms with Crippen molar-refractivity contribution in [2.24, 2.45) is 5.73 Å². The van der Waals surface area contributed by atoms with Gasteiger partial charge in [-0.3, -0.25) is 14.4 Å². The van der Waals surface area contributed by atoms with Gasteiger partial charge in [0, 0.05) is 17.8 Å². The van der Waals surface area contributed by atoms with E-state index in [2.05, 4.69) is 0 Å². The Bertz CT molecular complexity index is 1390. The number of amides is 2. The van der Waals surface area contributed by atoms with Gasteiger partial charge in [-0.1, -0.05) is 36.4 Å². The molecule has 0 bridgehead atoms. The molecule has 0 aromatic heterocycles. The number of nitrogens with two attached hydrogens (primary N) is 1. The summed E-state index contributed by atoms with van der Waals surface area (Å²) in [5.74, 6) is -2.29. The highest BCUT2D eigenvalue weighted by Crippen LogP contribution is 2.29. The van der Waals surface area contributed by atoms with E-state index in [1.807, 2.05) is 0 Å². The monoisotopic (exact) mass is 507 g/mol. The molecule has 1 fully saturated rings. The molecule has 2 amide bonds. The van der Waals surface area contributed by atoms with E-state index in [4.69, 9.17) is 5.73 Å². The molecule has 1 saturated heterocycles. The van der Waals surface area contributed by atoms with Crippen LogP contribution in [0.2, 0.25) is 0 Å². The summed E-state index contributed by atoms with van der Waals surface area (Å²) in [7, 11) is -3.93. The van der Waals surface area contributed by atoms with Crippen LogP contribution in [-0.4, -0.2) is 54.6 Å². The first-order valence-electron chi connectivity index (χ1n) is 11.3. The Morgan fingerprint density at radius 3 is 2.25 bits per heavy atom. The number of hydrogen-bond acceptors (Lipinski definition) is 6. The average molecular weight is 508 g/mol. The first-order chi connectivity index (χ1) is 17.2. The number of carbonyl (C=O) groups excluding carboxylic acids is 3. The zero-order chi connectivity index (χ0) is 25.9. The Hall–Kier alpha value is -4.02. The number of para-hydroxylation sites is 1. The highest BCUT2D eigenvalue weighted by molar-refractivity contribution is 7.89. The fraction of sp³-hybridized carbons (Fsp3) is 0.192. The molecule has 186 valence electrons. The number of primary amides is 1. The maximum absolute atomic E-state index is 13.8. The lowest BCUT2D eigenvalue weighted by Crippen LogP contribution is -2.49. The Labute approximate surface area is 208 Å². The summed E-state index contributed by atoms with van der Waals surface area (Å²) in [5.41, 5.74) is 5.56. The second-order valence-corrected chi connectivity index (χ2v) is 10.3. The van der Waals surface area contributed by atoms with Crippen LogP contribution in [-0.2, 0) is 14.8 Å². The minimum Gasteiger partial charge on any atom is -0.507 e. The smallest absolute Gasteiger partial charge is 0.252 e. The summed E-state index contributed by atoms with van der Waals surface area (Å²) in [6.07, 6.45) is 0.812. The highest BCUT2D eigenvalue weighted by atomic mass is 32.2. The molecular weight excluding hydrogens is 482 g/mol. The summed E-state index contributed by atoms with van der Waals surface area (Å²) < 4.78 is 27.8. The molecule has 10 heteroatoms. The van der Waals surface area contributed by atoms with Gasteiger partial charge in [-0.25, -0.2) is 8.42 Å².